The van der Waals surface area contributed by atoms with Crippen LogP contribution < -0.4 is 5.32 Å². The van der Waals surface area contributed by atoms with E-state index in [1.165, 1.54) is 24.3 Å². The maximum Gasteiger partial charge on any atom is 0.270 e. The molecule has 0 spiro atoms. The molecule has 2 N–H and O–H groups in total. The maximum atomic E-state index is 12.0. The van der Waals surface area contributed by atoms with E-state index < -0.39 is 16.4 Å². The van der Waals surface area contributed by atoms with E-state index in [0.29, 0.717) is 0 Å². The molecule has 21 heavy (non-hydrogen) atoms. The zero-order chi connectivity index (χ0) is 16.2. The molecule has 6 nitrogen and oxygen atoms in total. The van der Waals surface area contributed by atoms with Crippen LogP contribution in [0.4, 0.5) is 5.69 Å². The van der Waals surface area contributed by atoms with Gasteiger partial charge in [-0.2, -0.15) is 0 Å². The van der Waals surface area contributed by atoms with Crippen LogP contribution in [0.5, 0.6) is 0 Å². The van der Waals surface area contributed by atoms with Gasteiger partial charge in [0.1, 0.15) is 0 Å². The van der Waals surface area contributed by atoms with Crippen LogP contribution in [0.3, 0.4) is 0 Å². The van der Waals surface area contributed by atoms with Crippen molar-refractivity contribution < 1.29 is 14.8 Å². The molecule has 1 rings (SSSR count). The Kier molecular flexibility index (Phi) is 5.43. The highest BCUT2D eigenvalue weighted by atomic mass is 16.6. The molecule has 116 valence electrons. The molecule has 0 bridgehead atoms. The predicted octanol–water partition coefficient (Wildman–Crippen LogP) is 2.37. The molecule has 0 saturated carbocycles. The number of carbonyl (C=O) groups excluding carboxylic acids is 1. The number of aliphatic hydroxyl groups excluding tert-OH is 1. The molecular formula is C15H22N2O4. The molecule has 1 aromatic carbocycles. The molecule has 0 fully saturated rings. The molecule has 6 heteroatoms. The van der Waals surface area contributed by atoms with Crippen LogP contribution in [0.1, 0.15) is 38.1 Å². The zero-order valence-electron chi connectivity index (χ0n) is 12.8. The predicted molar refractivity (Wildman–Crippen MR) is 80.1 cm³/mol. The van der Waals surface area contributed by atoms with Gasteiger partial charge in [0, 0.05) is 29.7 Å². The molecule has 1 amide bonds. The average Bonchev–Trinajstić information content (AvgIpc) is 2.43. The molecule has 0 unspecified atom stereocenters. The van der Waals surface area contributed by atoms with Crippen LogP contribution >= 0.6 is 0 Å². The molecule has 1 aromatic rings. The minimum atomic E-state index is -0.553. The van der Waals surface area contributed by atoms with E-state index in [0.717, 1.165) is 0 Å². The monoisotopic (exact) mass is 294 g/mol. The number of carbonyl (C=O) groups is 1. The Hall–Kier alpha value is -1.95. The van der Waals surface area contributed by atoms with Crippen molar-refractivity contribution in [3.63, 3.8) is 0 Å². The summed E-state index contributed by atoms with van der Waals surface area (Å²) in [5, 5.41) is 23.5. The number of nitrogens with one attached hydrogen (secondary N) is 1. The molecular weight excluding hydrogens is 272 g/mol. The fourth-order valence-electron chi connectivity index (χ4n) is 2.18. The van der Waals surface area contributed by atoms with Gasteiger partial charge in [-0.25, -0.2) is 0 Å². The van der Waals surface area contributed by atoms with Crippen molar-refractivity contribution in [1.29, 1.82) is 0 Å². The van der Waals surface area contributed by atoms with Crippen LogP contribution in [-0.2, 0) is 0 Å². The number of rotatable bonds is 6. The van der Waals surface area contributed by atoms with Gasteiger partial charge in [-0.1, -0.05) is 33.8 Å². The van der Waals surface area contributed by atoms with Gasteiger partial charge in [-0.05, 0) is 12.0 Å². The van der Waals surface area contributed by atoms with Crippen molar-refractivity contribution in [3.05, 3.63) is 39.9 Å². The molecule has 0 heterocycles. The number of nitro groups is 1. The highest BCUT2D eigenvalue weighted by molar-refractivity contribution is 5.94. The Labute approximate surface area is 124 Å². The Balaban J connectivity index is 2.74. The summed E-state index contributed by atoms with van der Waals surface area (Å²) < 4.78 is 0. The van der Waals surface area contributed by atoms with E-state index in [1.807, 2.05) is 27.7 Å². The summed E-state index contributed by atoms with van der Waals surface area (Å²) in [5.74, 6) is -0.308. The molecule has 1 atom stereocenters. The maximum absolute atomic E-state index is 12.0. The largest absolute Gasteiger partial charge is 0.392 e. The number of hydrogen-bond acceptors (Lipinski definition) is 4. The Morgan fingerprint density at radius 1 is 1.43 bits per heavy atom. The van der Waals surface area contributed by atoms with Gasteiger partial charge >= 0.3 is 0 Å². The fourth-order valence-corrected chi connectivity index (χ4v) is 2.18. The van der Waals surface area contributed by atoms with Crippen LogP contribution in [-0.4, -0.2) is 28.6 Å². The summed E-state index contributed by atoms with van der Waals surface area (Å²) in [6.07, 6.45) is -0.553. The normalized spacial score (nSPS) is 13.0. The average molecular weight is 294 g/mol. The van der Waals surface area contributed by atoms with Gasteiger partial charge in [0.25, 0.3) is 11.6 Å². The van der Waals surface area contributed by atoms with Gasteiger partial charge in [-0.3, -0.25) is 14.9 Å². The standard InChI is InChI=1S/C15H22N2O4/c1-10(2)13(18)15(3,4)9-16-14(19)11-6-5-7-12(8-11)17(20)21/h5-8,10,13,18H,9H2,1-4H3,(H,16,19)/t13-/m1/s1. The topological polar surface area (TPSA) is 92.5 Å². The summed E-state index contributed by atoms with van der Waals surface area (Å²) in [4.78, 5) is 22.2. The molecule has 0 aliphatic heterocycles. The minimum Gasteiger partial charge on any atom is -0.392 e. The van der Waals surface area contributed by atoms with Crippen molar-refractivity contribution in [3.8, 4) is 0 Å². The van der Waals surface area contributed by atoms with E-state index in [9.17, 15) is 20.0 Å². The van der Waals surface area contributed by atoms with Crippen molar-refractivity contribution in [2.24, 2.45) is 11.3 Å². The number of amides is 1. The molecule has 0 saturated heterocycles. The number of aliphatic hydroxyl groups is 1. The Bertz CT molecular complexity index is 526. The van der Waals surface area contributed by atoms with Crippen molar-refractivity contribution in [2.75, 3.05) is 6.54 Å². The second kappa shape index (κ2) is 6.67. The summed E-state index contributed by atoms with van der Waals surface area (Å²) in [6.45, 7) is 7.84. The summed E-state index contributed by atoms with van der Waals surface area (Å²) in [5.41, 5.74) is -0.368. The van der Waals surface area contributed by atoms with Gasteiger partial charge in [0.05, 0.1) is 11.0 Å². The van der Waals surface area contributed by atoms with E-state index in [4.69, 9.17) is 0 Å². The number of nitrogens with zero attached hydrogens (tertiary/aromatic N) is 1. The second-order valence-electron chi connectivity index (χ2n) is 6.17. The third kappa shape index (κ3) is 4.53. The molecule has 0 aliphatic carbocycles. The number of hydrogen-bond donors (Lipinski definition) is 2. The van der Waals surface area contributed by atoms with E-state index >= 15 is 0 Å². The third-order valence-electron chi connectivity index (χ3n) is 3.46. The first-order valence-electron chi connectivity index (χ1n) is 6.86. The first-order valence-corrected chi connectivity index (χ1v) is 6.86. The smallest absolute Gasteiger partial charge is 0.270 e. The zero-order valence-corrected chi connectivity index (χ0v) is 12.8. The van der Waals surface area contributed by atoms with Gasteiger partial charge in [0.15, 0.2) is 0 Å². The quantitative estimate of drug-likeness (QED) is 0.622. The first kappa shape index (κ1) is 17.1. The van der Waals surface area contributed by atoms with Crippen LogP contribution in [0.2, 0.25) is 0 Å². The van der Waals surface area contributed by atoms with E-state index in [2.05, 4.69) is 5.32 Å². The van der Waals surface area contributed by atoms with E-state index in [1.54, 1.807) is 0 Å². The van der Waals surface area contributed by atoms with Crippen molar-refractivity contribution in [2.45, 2.75) is 33.8 Å². The summed E-state index contributed by atoms with van der Waals surface area (Å²) >= 11 is 0. The number of non-ortho nitro benzene ring substituents is 1. The lowest BCUT2D eigenvalue weighted by atomic mass is 9.80. The van der Waals surface area contributed by atoms with Gasteiger partial charge in [0.2, 0.25) is 0 Å². The summed E-state index contributed by atoms with van der Waals surface area (Å²) in [6, 6.07) is 5.57. The second-order valence-corrected chi connectivity index (χ2v) is 6.17. The van der Waals surface area contributed by atoms with Gasteiger partial charge in [-0.15, -0.1) is 0 Å². The van der Waals surface area contributed by atoms with E-state index in [-0.39, 0.29) is 29.6 Å². The number of nitro benzene ring substituents is 1. The highest BCUT2D eigenvalue weighted by Gasteiger charge is 2.30. The third-order valence-corrected chi connectivity index (χ3v) is 3.46. The van der Waals surface area contributed by atoms with Gasteiger partial charge < -0.3 is 10.4 Å². The van der Waals surface area contributed by atoms with Crippen LogP contribution in [0.25, 0.3) is 0 Å². The lowest BCUT2D eigenvalue weighted by Crippen LogP contribution is -2.43. The highest BCUT2D eigenvalue weighted by Crippen LogP contribution is 2.25. The SMILES string of the molecule is CC(C)[C@@H](O)C(C)(C)CNC(=O)c1cccc([N+](=O)[O-])c1. The first-order chi connectivity index (χ1) is 9.65. The van der Waals surface area contributed by atoms with Crippen molar-refractivity contribution >= 4 is 11.6 Å². The Morgan fingerprint density at radius 2 is 2.05 bits per heavy atom. The Morgan fingerprint density at radius 3 is 2.57 bits per heavy atom. The minimum absolute atomic E-state index is 0.0784. The lowest BCUT2D eigenvalue weighted by molar-refractivity contribution is -0.384. The molecule has 0 radical (unpaired) electrons. The lowest BCUT2D eigenvalue weighted by Gasteiger charge is -2.33. The van der Waals surface area contributed by atoms with Crippen LogP contribution in [0.15, 0.2) is 24.3 Å². The van der Waals surface area contributed by atoms with Crippen LogP contribution in [0, 0.1) is 21.4 Å². The molecule has 0 aliphatic rings. The fraction of sp³-hybridized carbons (Fsp3) is 0.533. The number of benzene rings is 1. The molecule has 0 aromatic heterocycles. The van der Waals surface area contributed by atoms with Crippen molar-refractivity contribution in [1.82, 2.24) is 5.32 Å². The summed E-state index contributed by atoms with van der Waals surface area (Å²) in [7, 11) is 0.